The van der Waals surface area contributed by atoms with Gasteiger partial charge in [-0.2, -0.15) is 0 Å². The molecule has 0 aromatic heterocycles. The van der Waals surface area contributed by atoms with Crippen LogP contribution < -0.4 is 5.73 Å². The third-order valence-corrected chi connectivity index (χ3v) is 5.38. The van der Waals surface area contributed by atoms with Gasteiger partial charge in [0.25, 0.3) is 0 Å². The highest BCUT2D eigenvalue weighted by atomic mass is 16.7. The van der Waals surface area contributed by atoms with Crippen LogP contribution in [0, 0.1) is 11.8 Å². The minimum Gasteiger partial charge on any atom is -0.481 e. The molecule has 0 unspecified atom stereocenters. The predicted molar refractivity (Wildman–Crippen MR) is 100 cm³/mol. The zero-order valence-corrected chi connectivity index (χ0v) is 16.0. The van der Waals surface area contributed by atoms with E-state index in [1.165, 1.54) is 0 Å². The number of hydrogen-bond donors (Lipinski definition) is 4. The van der Waals surface area contributed by atoms with E-state index >= 15 is 0 Å². The van der Waals surface area contributed by atoms with Crippen molar-refractivity contribution in [1.82, 2.24) is 0 Å². The normalized spacial score (nSPS) is 35.0. The molecular weight excluding hydrogens is 384 g/mol. The molecular formula is C18H28N4O7. The van der Waals surface area contributed by atoms with Crippen molar-refractivity contribution in [2.45, 2.75) is 62.7 Å². The summed E-state index contributed by atoms with van der Waals surface area (Å²) in [7, 11) is 0. The van der Waals surface area contributed by atoms with Crippen molar-refractivity contribution in [3.05, 3.63) is 22.6 Å². The van der Waals surface area contributed by atoms with Gasteiger partial charge in [0.15, 0.2) is 6.29 Å². The molecule has 1 aliphatic carbocycles. The molecule has 2 aliphatic rings. The molecule has 1 heterocycles. The van der Waals surface area contributed by atoms with Crippen LogP contribution in [0.15, 0.2) is 17.3 Å². The quantitative estimate of drug-likeness (QED) is 0.131. The number of aliphatic hydroxyl groups excluding tert-OH is 2. The Balaban J connectivity index is 1.76. The van der Waals surface area contributed by atoms with Crippen LogP contribution in [0.25, 0.3) is 10.4 Å². The van der Waals surface area contributed by atoms with E-state index in [1.807, 2.05) is 12.2 Å². The number of allylic oxidation sites excluding steroid dienone is 1. The predicted octanol–water partition coefficient (Wildman–Crippen LogP) is 0.494. The third-order valence-electron chi connectivity index (χ3n) is 5.38. The van der Waals surface area contributed by atoms with Crippen molar-refractivity contribution in [2.75, 3.05) is 13.2 Å². The highest BCUT2D eigenvalue weighted by Crippen LogP contribution is 2.34. The summed E-state index contributed by atoms with van der Waals surface area (Å²) in [4.78, 5) is 25.4. The molecule has 7 atom stereocenters. The fourth-order valence-electron chi connectivity index (χ4n) is 3.75. The molecule has 0 aromatic carbocycles. The van der Waals surface area contributed by atoms with E-state index in [9.17, 15) is 19.8 Å². The van der Waals surface area contributed by atoms with E-state index in [0.717, 1.165) is 0 Å². The highest BCUT2D eigenvalue weighted by Gasteiger charge is 2.42. The summed E-state index contributed by atoms with van der Waals surface area (Å²) < 4.78 is 11.0. The van der Waals surface area contributed by atoms with Gasteiger partial charge in [-0.25, -0.2) is 0 Å². The van der Waals surface area contributed by atoms with E-state index < -0.39 is 36.6 Å². The maximum Gasteiger partial charge on any atom is 0.303 e. The molecule has 162 valence electrons. The van der Waals surface area contributed by atoms with Gasteiger partial charge in [0, 0.05) is 23.7 Å². The van der Waals surface area contributed by atoms with E-state index in [0.29, 0.717) is 25.7 Å². The minimum absolute atomic E-state index is 0.00938. The van der Waals surface area contributed by atoms with Gasteiger partial charge in [0.2, 0.25) is 0 Å². The second-order valence-corrected chi connectivity index (χ2v) is 7.35. The first kappa shape index (κ1) is 23.3. The Bertz CT molecular complexity index is 652. The summed E-state index contributed by atoms with van der Waals surface area (Å²) >= 11 is 0. The largest absolute Gasteiger partial charge is 0.481 e. The van der Waals surface area contributed by atoms with Crippen LogP contribution in [-0.4, -0.2) is 70.9 Å². The zero-order valence-electron chi connectivity index (χ0n) is 16.0. The van der Waals surface area contributed by atoms with E-state index in [-0.39, 0.29) is 37.2 Å². The van der Waals surface area contributed by atoms with E-state index in [4.69, 9.17) is 25.8 Å². The molecule has 11 heteroatoms. The third kappa shape index (κ3) is 6.49. The van der Waals surface area contributed by atoms with Gasteiger partial charge < -0.3 is 30.5 Å². The molecule has 2 rings (SSSR count). The Morgan fingerprint density at radius 2 is 2.14 bits per heavy atom. The number of carbonyl (C=O) groups excluding carboxylic acids is 1. The molecule has 0 bridgehead atoms. The number of aliphatic hydroxyl groups is 2. The first-order chi connectivity index (χ1) is 13.8. The average Bonchev–Trinajstić information content (AvgIpc) is 3.02. The SMILES string of the molecule is [N-]=[N+]=NC[C@H]1O[C@@H](OCC/C=C\C[C@@H]2C(=O)CC[C@@H]2CC(=O)O)[C@H](N)[C@@H](O)[C@@H]1O. The van der Waals surface area contributed by atoms with Gasteiger partial charge >= 0.3 is 5.97 Å². The first-order valence-electron chi connectivity index (χ1n) is 9.64. The molecule has 0 spiro atoms. The lowest BCUT2D eigenvalue weighted by molar-refractivity contribution is -0.256. The number of nitrogens with two attached hydrogens (primary N) is 1. The van der Waals surface area contributed by atoms with Crippen LogP contribution in [-0.2, 0) is 19.1 Å². The maximum atomic E-state index is 11.9. The van der Waals surface area contributed by atoms with Crippen LogP contribution >= 0.6 is 0 Å². The highest BCUT2D eigenvalue weighted by molar-refractivity contribution is 5.84. The van der Waals surface area contributed by atoms with Crippen LogP contribution in [0.1, 0.15) is 32.1 Å². The number of carbonyl (C=O) groups is 2. The summed E-state index contributed by atoms with van der Waals surface area (Å²) in [5.74, 6) is -1.15. The topological polar surface area (TPSA) is 188 Å². The molecule has 1 aliphatic heterocycles. The summed E-state index contributed by atoms with van der Waals surface area (Å²) in [5, 5.41) is 32.2. The monoisotopic (exact) mass is 412 g/mol. The lowest BCUT2D eigenvalue weighted by atomic mass is 9.89. The number of nitrogens with zero attached hydrogens (tertiary/aromatic N) is 3. The summed E-state index contributed by atoms with van der Waals surface area (Å²) in [6, 6.07) is -0.954. The summed E-state index contributed by atoms with van der Waals surface area (Å²) in [6.07, 6.45) is 1.30. The maximum absolute atomic E-state index is 11.9. The Morgan fingerprint density at radius 1 is 1.38 bits per heavy atom. The summed E-state index contributed by atoms with van der Waals surface area (Å²) in [6.45, 7) is 0.0667. The van der Waals surface area contributed by atoms with Crippen molar-refractivity contribution < 1.29 is 34.4 Å². The van der Waals surface area contributed by atoms with Gasteiger partial charge in [-0.3, -0.25) is 9.59 Å². The Morgan fingerprint density at radius 3 is 2.83 bits per heavy atom. The lowest BCUT2D eigenvalue weighted by Crippen LogP contribution is -2.62. The standard InChI is InChI=1S/C18H28N4O7/c19-15-17(27)16(26)13(9-21-22-20)29-18(15)28-7-3-1-2-4-11-10(8-14(24)25)5-6-12(11)23/h1-2,10-11,13,15-18,26-27H,3-9,19H2,(H,24,25)/b2-1-/t10-,11+,13-,15-,16-,17-,18-/m1/s1. The fourth-order valence-corrected chi connectivity index (χ4v) is 3.75. The van der Waals surface area contributed by atoms with Crippen molar-refractivity contribution >= 4 is 11.8 Å². The molecule has 0 amide bonds. The Hall–Kier alpha value is -2.01. The molecule has 1 saturated carbocycles. The van der Waals surface area contributed by atoms with Gasteiger partial charge in [-0.05, 0) is 30.7 Å². The Labute approximate surface area is 168 Å². The molecule has 2 fully saturated rings. The Kier molecular flexibility index (Phi) is 9.02. The molecule has 0 aromatic rings. The van der Waals surface area contributed by atoms with E-state index in [1.54, 1.807) is 0 Å². The van der Waals surface area contributed by atoms with Gasteiger partial charge in [-0.1, -0.05) is 17.3 Å². The van der Waals surface area contributed by atoms with Gasteiger partial charge in [0.05, 0.1) is 25.3 Å². The van der Waals surface area contributed by atoms with Gasteiger partial charge in [-0.15, -0.1) is 0 Å². The first-order valence-corrected chi connectivity index (χ1v) is 9.64. The number of carboxylic acid groups (broad SMARTS) is 1. The number of Topliss-reactive ketones (excluding diaryl/α,β-unsaturated/α-hetero) is 1. The molecule has 1 saturated heterocycles. The molecule has 5 N–H and O–H groups in total. The number of rotatable bonds is 10. The van der Waals surface area contributed by atoms with Crippen molar-refractivity contribution in [1.29, 1.82) is 0 Å². The number of azide groups is 1. The number of ketones is 1. The second-order valence-electron chi connectivity index (χ2n) is 7.35. The molecule has 29 heavy (non-hydrogen) atoms. The zero-order chi connectivity index (χ0) is 21.4. The lowest BCUT2D eigenvalue weighted by Gasteiger charge is -2.40. The number of aliphatic carboxylic acids is 1. The summed E-state index contributed by atoms with van der Waals surface area (Å²) in [5.41, 5.74) is 14.2. The number of ether oxygens (including phenoxy) is 2. The number of carboxylic acids is 1. The minimum atomic E-state index is -1.28. The second kappa shape index (κ2) is 11.2. The van der Waals surface area contributed by atoms with Crippen molar-refractivity contribution in [3.8, 4) is 0 Å². The smallest absolute Gasteiger partial charge is 0.303 e. The van der Waals surface area contributed by atoms with Crippen LogP contribution in [0.3, 0.4) is 0 Å². The number of hydrogen-bond acceptors (Lipinski definition) is 8. The van der Waals surface area contributed by atoms with E-state index in [2.05, 4.69) is 10.0 Å². The van der Waals surface area contributed by atoms with Crippen molar-refractivity contribution in [2.24, 2.45) is 22.7 Å². The van der Waals surface area contributed by atoms with Crippen LogP contribution in [0.5, 0.6) is 0 Å². The molecule has 11 nitrogen and oxygen atoms in total. The van der Waals surface area contributed by atoms with Crippen LogP contribution in [0.2, 0.25) is 0 Å². The fraction of sp³-hybridized carbons (Fsp3) is 0.778. The van der Waals surface area contributed by atoms with Crippen LogP contribution in [0.4, 0.5) is 0 Å². The molecule has 0 radical (unpaired) electrons. The average molecular weight is 412 g/mol. The van der Waals surface area contributed by atoms with Gasteiger partial charge in [0.1, 0.15) is 18.0 Å². The van der Waals surface area contributed by atoms with Crippen molar-refractivity contribution in [3.63, 3.8) is 0 Å².